The van der Waals surface area contributed by atoms with Crippen LogP contribution in [0, 0.1) is 0 Å². The molecule has 0 aromatic rings. The number of aliphatic hydroxyl groups is 1. The Morgan fingerprint density at radius 2 is 2.07 bits per heavy atom. The molecule has 0 aromatic carbocycles. The van der Waals surface area contributed by atoms with Gasteiger partial charge in [0.05, 0.1) is 13.2 Å². The molecule has 0 bridgehead atoms. The molecule has 0 rings (SSSR count). The van der Waals surface area contributed by atoms with Gasteiger partial charge in [-0.15, -0.1) is 0 Å². The van der Waals surface area contributed by atoms with Crippen molar-refractivity contribution in [1.82, 2.24) is 10.6 Å². The van der Waals surface area contributed by atoms with Gasteiger partial charge in [0.15, 0.2) is 0 Å². The summed E-state index contributed by atoms with van der Waals surface area (Å²) in [7, 11) is 0. The Kier molecular flexibility index (Phi) is 7.53. The minimum Gasteiger partial charge on any atom is -0.447 e. The lowest BCUT2D eigenvalue weighted by molar-refractivity contribution is -0.120. The lowest BCUT2D eigenvalue weighted by Gasteiger charge is -2.05. The second-order valence-electron chi connectivity index (χ2n) is 2.56. The highest BCUT2D eigenvalue weighted by Gasteiger charge is 2.04. The van der Waals surface area contributed by atoms with Crippen molar-refractivity contribution in [3.05, 3.63) is 0 Å². The largest absolute Gasteiger partial charge is 0.447 e. The molecule has 3 N–H and O–H groups in total. The molecule has 0 aliphatic heterocycles. The van der Waals surface area contributed by atoms with Crippen LogP contribution in [0.3, 0.4) is 0 Å². The van der Waals surface area contributed by atoms with E-state index in [-0.39, 0.29) is 25.7 Å². The molecule has 6 nitrogen and oxygen atoms in total. The zero-order valence-electron chi connectivity index (χ0n) is 8.21. The summed E-state index contributed by atoms with van der Waals surface area (Å²) < 4.78 is 4.47. The molecule has 6 heteroatoms. The highest BCUT2D eigenvalue weighted by atomic mass is 16.6. The SMILES string of the molecule is CCCNC(=O)CNC(=O)OCCO. The van der Waals surface area contributed by atoms with Crippen molar-refractivity contribution in [2.24, 2.45) is 0 Å². The van der Waals surface area contributed by atoms with E-state index < -0.39 is 6.09 Å². The van der Waals surface area contributed by atoms with Crippen LogP contribution in [-0.4, -0.2) is 43.4 Å². The van der Waals surface area contributed by atoms with Gasteiger partial charge in [-0.2, -0.15) is 0 Å². The Labute approximate surface area is 82.6 Å². The number of carbonyl (C=O) groups is 2. The van der Waals surface area contributed by atoms with Crippen LogP contribution in [0.25, 0.3) is 0 Å². The van der Waals surface area contributed by atoms with Gasteiger partial charge in [-0.1, -0.05) is 6.92 Å². The lowest BCUT2D eigenvalue weighted by Crippen LogP contribution is -2.37. The van der Waals surface area contributed by atoms with Crippen LogP contribution < -0.4 is 10.6 Å². The Morgan fingerprint density at radius 1 is 1.36 bits per heavy atom. The Morgan fingerprint density at radius 3 is 2.64 bits per heavy atom. The second-order valence-corrected chi connectivity index (χ2v) is 2.56. The molecule has 0 radical (unpaired) electrons. The van der Waals surface area contributed by atoms with E-state index in [0.29, 0.717) is 6.54 Å². The molecular weight excluding hydrogens is 188 g/mol. The van der Waals surface area contributed by atoms with Gasteiger partial charge < -0.3 is 20.5 Å². The van der Waals surface area contributed by atoms with E-state index in [1.54, 1.807) is 0 Å². The van der Waals surface area contributed by atoms with Gasteiger partial charge in [-0.3, -0.25) is 4.79 Å². The van der Waals surface area contributed by atoms with Crippen LogP contribution >= 0.6 is 0 Å². The predicted octanol–water partition coefficient (Wildman–Crippen LogP) is -0.769. The molecule has 14 heavy (non-hydrogen) atoms. The van der Waals surface area contributed by atoms with E-state index in [1.807, 2.05) is 6.92 Å². The normalized spacial score (nSPS) is 9.29. The molecule has 0 spiro atoms. The van der Waals surface area contributed by atoms with Crippen molar-refractivity contribution in [3.8, 4) is 0 Å². The van der Waals surface area contributed by atoms with E-state index in [0.717, 1.165) is 6.42 Å². The fourth-order valence-corrected chi connectivity index (χ4v) is 0.669. The first-order chi connectivity index (χ1) is 6.70. The minimum atomic E-state index is -0.703. The van der Waals surface area contributed by atoms with E-state index >= 15 is 0 Å². The van der Waals surface area contributed by atoms with Crippen molar-refractivity contribution in [1.29, 1.82) is 0 Å². The summed E-state index contributed by atoms with van der Waals surface area (Å²) >= 11 is 0. The van der Waals surface area contributed by atoms with Crippen molar-refractivity contribution in [2.75, 3.05) is 26.3 Å². The fourth-order valence-electron chi connectivity index (χ4n) is 0.669. The topological polar surface area (TPSA) is 87.7 Å². The summed E-state index contributed by atoms with van der Waals surface area (Å²) in [6, 6.07) is 0. The summed E-state index contributed by atoms with van der Waals surface area (Å²) in [5.41, 5.74) is 0. The molecule has 0 fully saturated rings. The summed E-state index contributed by atoms with van der Waals surface area (Å²) in [5, 5.41) is 13.2. The minimum absolute atomic E-state index is 0.0671. The van der Waals surface area contributed by atoms with Crippen molar-refractivity contribution >= 4 is 12.0 Å². The van der Waals surface area contributed by atoms with Gasteiger partial charge in [0, 0.05) is 6.54 Å². The first-order valence-corrected chi connectivity index (χ1v) is 4.49. The maximum Gasteiger partial charge on any atom is 0.407 e. The quantitative estimate of drug-likeness (QED) is 0.530. The molecule has 0 aliphatic carbocycles. The van der Waals surface area contributed by atoms with Crippen molar-refractivity contribution in [2.45, 2.75) is 13.3 Å². The standard InChI is InChI=1S/C8H16N2O4/c1-2-3-9-7(12)6-10-8(13)14-5-4-11/h11H,2-6H2,1H3,(H,9,12)(H,10,13). The summed E-state index contributed by atoms with van der Waals surface area (Å²) in [6.45, 7) is 2.12. The molecule has 2 amide bonds. The van der Waals surface area contributed by atoms with Crippen LogP contribution in [0.1, 0.15) is 13.3 Å². The van der Waals surface area contributed by atoms with Crippen LogP contribution in [0.15, 0.2) is 0 Å². The third kappa shape index (κ3) is 7.35. The predicted molar refractivity (Wildman–Crippen MR) is 49.7 cm³/mol. The summed E-state index contributed by atoms with van der Waals surface area (Å²) in [5.74, 6) is -0.257. The van der Waals surface area contributed by atoms with Gasteiger partial charge >= 0.3 is 6.09 Å². The number of nitrogens with one attached hydrogen (secondary N) is 2. The second kappa shape index (κ2) is 8.31. The average Bonchev–Trinajstić information content (AvgIpc) is 2.20. The van der Waals surface area contributed by atoms with Crippen LogP contribution in [0.2, 0.25) is 0 Å². The first kappa shape index (κ1) is 12.7. The average molecular weight is 204 g/mol. The number of amides is 2. The zero-order valence-corrected chi connectivity index (χ0v) is 8.21. The first-order valence-electron chi connectivity index (χ1n) is 4.49. The number of aliphatic hydroxyl groups excluding tert-OH is 1. The van der Waals surface area contributed by atoms with E-state index in [2.05, 4.69) is 15.4 Å². The number of ether oxygens (including phenoxy) is 1. The van der Waals surface area contributed by atoms with Gasteiger partial charge in [-0.05, 0) is 6.42 Å². The Balaban J connectivity index is 3.41. The Hall–Kier alpha value is -1.30. The van der Waals surface area contributed by atoms with Gasteiger partial charge in [0.1, 0.15) is 6.61 Å². The van der Waals surface area contributed by atoms with Crippen molar-refractivity contribution in [3.63, 3.8) is 0 Å². The summed E-state index contributed by atoms with van der Waals surface area (Å²) in [6.07, 6.45) is 0.145. The molecule has 0 aromatic heterocycles. The highest BCUT2D eigenvalue weighted by Crippen LogP contribution is 1.76. The highest BCUT2D eigenvalue weighted by molar-refractivity contribution is 5.81. The van der Waals surface area contributed by atoms with E-state index in [4.69, 9.17) is 5.11 Å². The molecule has 0 unspecified atom stereocenters. The van der Waals surface area contributed by atoms with E-state index in [1.165, 1.54) is 0 Å². The molecule has 0 saturated carbocycles. The summed E-state index contributed by atoms with van der Waals surface area (Å²) in [4.78, 5) is 21.7. The maximum absolute atomic E-state index is 10.9. The lowest BCUT2D eigenvalue weighted by atomic mass is 10.4. The third-order valence-corrected chi connectivity index (χ3v) is 1.29. The molecule has 0 atom stereocenters. The van der Waals surface area contributed by atoms with E-state index in [9.17, 15) is 9.59 Å². The molecule has 82 valence electrons. The smallest absolute Gasteiger partial charge is 0.407 e. The number of hydrogen-bond acceptors (Lipinski definition) is 4. The molecule has 0 aliphatic rings. The molecular formula is C8H16N2O4. The van der Waals surface area contributed by atoms with Crippen molar-refractivity contribution < 1.29 is 19.4 Å². The molecule has 0 saturated heterocycles. The van der Waals surface area contributed by atoms with Gasteiger partial charge in [-0.25, -0.2) is 4.79 Å². The third-order valence-electron chi connectivity index (χ3n) is 1.29. The van der Waals surface area contributed by atoms with Crippen LogP contribution in [-0.2, 0) is 9.53 Å². The number of hydrogen-bond donors (Lipinski definition) is 3. The fraction of sp³-hybridized carbons (Fsp3) is 0.750. The number of carbonyl (C=O) groups excluding carboxylic acids is 2. The monoisotopic (exact) mass is 204 g/mol. The van der Waals surface area contributed by atoms with Gasteiger partial charge in [0.25, 0.3) is 0 Å². The van der Waals surface area contributed by atoms with Crippen LogP contribution in [0.5, 0.6) is 0 Å². The van der Waals surface area contributed by atoms with Crippen LogP contribution in [0.4, 0.5) is 4.79 Å². The Bertz CT molecular complexity index is 164. The zero-order chi connectivity index (χ0) is 10.8. The number of alkyl carbamates (subject to hydrolysis) is 1. The molecule has 0 heterocycles. The number of rotatable bonds is 6. The maximum atomic E-state index is 10.9. The van der Waals surface area contributed by atoms with Gasteiger partial charge in [0.2, 0.25) is 5.91 Å².